The first-order valence-corrected chi connectivity index (χ1v) is 6.72. The average Bonchev–Trinajstić information content (AvgIpc) is 2.38. The van der Waals surface area contributed by atoms with Crippen LogP contribution >= 0.6 is 0 Å². The first-order valence-electron chi connectivity index (χ1n) is 6.72. The van der Waals surface area contributed by atoms with Crippen LogP contribution in [0.1, 0.15) is 32.5 Å². The molecule has 1 aromatic rings. The topological polar surface area (TPSA) is 79.3 Å². The molecule has 0 radical (unpaired) electrons. The first-order chi connectivity index (χ1) is 9.17. The number of aliphatic hydroxyl groups is 1. The Morgan fingerprint density at radius 2 is 1.89 bits per heavy atom. The number of nitrogens with one attached hydrogen (secondary N) is 2. The van der Waals surface area contributed by atoms with E-state index in [9.17, 15) is 0 Å². The molecule has 0 unspecified atom stereocenters. The maximum absolute atomic E-state index is 8.60. The van der Waals surface area contributed by atoms with E-state index in [0.717, 1.165) is 24.0 Å². The molecule has 19 heavy (non-hydrogen) atoms. The van der Waals surface area contributed by atoms with Gasteiger partial charge in [0.1, 0.15) is 17.5 Å². The molecule has 0 amide bonds. The molecule has 0 spiro atoms. The normalized spacial score (nSPS) is 10.8. The molecule has 0 fully saturated rings. The first kappa shape index (κ1) is 15.7. The number of aliphatic hydroxyl groups excluding tert-OH is 1. The van der Waals surface area contributed by atoms with Crippen molar-refractivity contribution in [2.45, 2.75) is 26.7 Å². The number of anilines is 2. The summed E-state index contributed by atoms with van der Waals surface area (Å²) in [5, 5.41) is 15.0. The third-order valence-electron chi connectivity index (χ3n) is 2.41. The van der Waals surface area contributed by atoms with Gasteiger partial charge in [0.05, 0.1) is 19.8 Å². The Balaban J connectivity index is 2.60. The molecule has 0 aliphatic carbocycles. The fourth-order valence-corrected chi connectivity index (χ4v) is 1.50. The van der Waals surface area contributed by atoms with Crippen LogP contribution in [0.4, 0.5) is 11.6 Å². The minimum absolute atomic E-state index is 0.0512. The summed E-state index contributed by atoms with van der Waals surface area (Å²) in [6.07, 6.45) is 0. The maximum atomic E-state index is 8.60. The predicted molar refractivity (Wildman–Crippen MR) is 76.7 cm³/mol. The zero-order chi connectivity index (χ0) is 14.1. The third kappa shape index (κ3) is 5.85. The van der Waals surface area contributed by atoms with Gasteiger partial charge in [-0.05, 0) is 6.92 Å². The van der Waals surface area contributed by atoms with E-state index in [0.29, 0.717) is 19.8 Å². The highest BCUT2D eigenvalue weighted by Crippen LogP contribution is 2.16. The molecule has 0 bridgehead atoms. The van der Waals surface area contributed by atoms with Gasteiger partial charge in [-0.15, -0.1) is 0 Å². The van der Waals surface area contributed by atoms with Crippen molar-refractivity contribution in [1.29, 1.82) is 0 Å². The zero-order valence-electron chi connectivity index (χ0n) is 11.9. The van der Waals surface area contributed by atoms with Crippen LogP contribution in [0.15, 0.2) is 6.07 Å². The van der Waals surface area contributed by atoms with Gasteiger partial charge >= 0.3 is 0 Å². The lowest BCUT2D eigenvalue weighted by Crippen LogP contribution is -2.14. The molecule has 0 aromatic carbocycles. The zero-order valence-corrected chi connectivity index (χ0v) is 11.9. The lowest BCUT2D eigenvalue weighted by Gasteiger charge is -2.12. The lowest BCUT2D eigenvalue weighted by molar-refractivity contribution is 0.0992. The second-order valence-corrected chi connectivity index (χ2v) is 4.44. The number of nitrogens with zero attached hydrogens (tertiary/aromatic N) is 2. The summed E-state index contributed by atoms with van der Waals surface area (Å²) in [6, 6.07) is 1.89. The van der Waals surface area contributed by atoms with Gasteiger partial charge in [-0.2, -0.15) is 0 Å². The van der Waals surface area contributed by atoms with Crippen molar-refractivity contribution in [2.24, 2.45) is 0 Å². The van der Waals surface area contributed by atoms with Crippen molar-refractivity contribution in [2.75, 3.05) is 43.5 Å². The molecule has 3 N–H and O–H groups in total. The van der Waals surface area contributed by atoms with Crippen molar-refractivity contribution in [3.8, 4) is 0 Å². The van der Waals surface area contributed by atoms with Crippen LogP contribution in [0.25, 0.3) is 0 Å². The van der Waals surface area contributed by atoms with Gasteiger partial charge in [0.2, 0.25) is 0 Å². The van der Waals surface area contributed by atoms with Gasteiger partial charge in [-0.25, -0.2) is 9.97 Å². The molecule has 6 heteroatoms. The quantitative estimate of drug-likeness (QED) is 0.588. The number of hydrogen-bond donors (Lipinski definition) is 3. The van der Waals surface area contributed by atoms with Crippen molar-refractivity contribution in [3.63, 3.8) is 0 Å². The standard InChI is InChI=1S/C13H24N4O2/c1-4-14-11-9-12(15-5-7-19-8-6-18)17-13(16-11)10(2)3/h9-10,18H,4-8H2,1-3H3,(H2,14,15,16,17). The van der Waals surface area contributed by atoms with E-state index in [1.54, 1.807) is 0 Å². The fourth-order valence-electron chi connectivity index (χ4n) is 1.50. The summed E-state index contributed by atoms with van der Waals surface area (Å²) >= 11 is 0. The van der Waals surface area contributed by atoms with E-state index in [1.807, 2.05) is 13.0 Å². The lowest BCUT2D eigenvalue weighted by atomic mass is 10.2. The predicted octanol–water partition coefficient (Wildman–Crippen LogP) is 1.45. The summed E-state index contributed by atoms with van der Waals surface area (Å²) < 4.78 is 5.19. The molecule has 6 nitrogen and oxygen atoms in total. The fraction of sp³-hybridized carbons (Fsp3) is 0.692. The Kier molecular flexibility index (Phi) is 7.14. The van der Waals surface area contributed by atoms with E-state index in [-0.39, 0.29) is 12.5 Å². The SMILES string of the molecule is CCNc1cc(NCCOCCO)nc(C(C)C)n1. The molecule has 0 saturated carbocycles. The molecular formula is C13H24N4O2. The monoisotopic (exact) mass is 268 g/mol. The highest BCUT2D eigenvalue weighted by molar-refractivity contribution is 5.47. The minimum atomic E-state index is 0.0512. The number of aromatic nitrogens is 2. The Hall–Kier alpha value is -1.40. The van der Waals surface area contributed by atoms with Crippen LogP contribution < -0.4 is 10.6 Å². The van der Waals surface area contributed by atoms with E-state index in [4.69, 9.17) is 9.84 Å². The molecule has 1 rings (SSSR count). The maximum Gasteiger partial charge on any atom is 0.135 e. The molecule has 0 saturated heterocycles. The Bertz CT molecular complexity index is 372. The number of hydrogen-bond acceptors (Lipinski definition) is 6. The van der Waals surface area contributed by atoms with Crippen molar-refractivity contribution >= 4 is 11.6 Å². The van der Waals surface area contributed by atoms with Crippen molar-refractivity contribution < 1.29 is 9.84 Å². The van der Waals surface area contributed by atoms with Crippen molar-refractivity contribution in [1.82, 2.24) is 9.97 Å². The summed E-state index contributed by atoms with van der Waals surface area (Å²) in [4.78, 5) is 8.92. The van der Waals surface area contributed by atoms with E-state index >= 15 is 0 Å². The molecule has 0 aliphatic heterocycles. The summed E-state index contributed by atoms with van der Waals surface area (Å²) in [5.74, 6) is 2.73. The van der Waals surface area contributed by atoms with Gasteiger partial charge < -0.3 is 20.5 Å². The highest BCUT2D eigenvalue weighted by atomic mass is 16.5. The van der Waals surface area contributed by atoms with Gasteiger partial charge in [0.25, 0.3) is 0 Å². The van der Waals surface area contributed by atoms with Crippen LogP contribution in [0.5, 0.6) is 0 Å². The summed E-state index contributed by atoms with van der Waals surface area (Å²) in [7, 11) is 0. The second-order valence-electron chi connectivity index (χ2n) is 4.44. The van der Waals surface area contributed by atoms with Crippen LogP contribution in [-0.2, 0) is 4.74 Å². The summed E-state index contributed by atoms with van der Waals surface area (Å²) in [6.45, 7) is 8.61. The van der Waals surface area contributed by atoms with Gasteiger partial charge in [-0.1, -0.05) is 13.8 Å². The number of ether oxygens (including phenoxy) is 1. The van der Waals surface area contributed by atoms with Crippen LogP contribution in [-0.4, -0.2) is 48.0 Å². The van der Waals surface area contributed by atoms with Gasteiger partial charge in [0.15, 0.2) is 0 Å². The van der Waals surface area contributed by atoms with Crippen LogP contribution in [0, 0.1) is 0 Å². The van der Waals surface area contributed by atoms with Crippen molar-refractivity contribution in [3.05, 3.63) is 11.9 Å². The summed E-state index contributed by atoms with van der Waals surface area (Å²) in [5.41, 5.74) is 0. The number of rotatable bonds is 9. The third-order valence-corrected chi connectivity index (χ3v) is 2.41. The molecule has 108 valence electrons. The van der Waals surface area contributed by atoms with Gasteiger partial charge in [0, 0.05) is 25.1 Å². The highest BCUT2D eigenvalue weighted by Gasteiger charge is 2.07. The minimum Gasteiger partial charge on any atom is -0.394 e. The second kappa shape index (κ2) is 8.66. The molecule has 0 atom stereocenters. The average molecular weight is 268 g/mol. The van der Waals surface area contributed by atoms with Gasteiger partial charge in [-0.3, -0.25) is 0 Å². The molecule has 1 heterocycles. The van der Waals surface area contributed by atoms with E-state index in [1.165, 1.54) is 0 Å². The molecule has 1 aromatic heterocycles. The Labute approximate surface area is 114 Å². The smallest absolute Gasteiger partial charge is 0.135 e. The van der Waals surface area contributed by atoms with E-state index < -0.39 is 0 Å². The Morgan fingerprint density at radius 1 is 1.21 bits per heavy atom. The Morgan fingerprint density at radius 3 is 2.47 bits per heavy atom. The van der Waals surface area contributed by atoms with E-state index in [2.05, 4.69) is 34.4 Å². The van der Waals surface area contributed by atoms with Crippen LogP contribution in [0.3, 0.4) is 0 Å². The molecule has 0 aliphatic rings. The largest absolute Gasteiger partial charge is 0.394 e. The van der Waals surface area contributed by atoms with Crippen LogP contribution in [0.2, 0.25) is 0 Å². The molecular weight excluding hydrogens is 244 g/mol.